The van der Waals surface area contributed by atoms with Gasteiger partial charge in [0.25, 0.3) is 0 Å². The molecule has 6 atom stereocenters. The molecule has 1 fully saturated rings. The van der Waals surface area contributed by atoms with E-state index in [-0.39, 0.29) is 94.8 Å². The number of hydrogen-bond acceptors (Lipinski definition) is 7. The average Bonchev–Trinajstić information content (AvgIpc) is 3.87. The number of ketones is 1. The molecule has 2 aliphatic rings. The average molecular weight is 839 g/mol. The third-order valence-corrected chi connectivity index (χ3v) is 11.9. The Morgan fingerprint density at radius 3 is 1.63 bits per heavy atom. The maximum Gasteiger partial charge on any atom is 0.334 e. The first-order valence-electron chi connectivity index (χ1n) is 33.7. The molecule has 0 radical (unpaired) electrons. The molecule has 0 amide bonds. The first-order chi connectivity index (χ1) is 36.6. The van der Waals surface area contributed by atoms with Crippen LogP contribution in [-0.2, 0) is 32.3 Å². The van der Waals surface area contributed by atoms with E-state index in [9.17, 15) is 9.59 Å². The summed E-state index contributed by atoms with van der Waals surface area (Å²) in [5.41, 5.74) is 0.0563. The summed E-state index contributed by atoms with van der Waals surface area (Å²) in [5, 5.41) is 0. The SMILES string of the molecule is [2H]C([2H])([2H])[Si](O[C@H](CCCCCC(=O)CCCC[C@@H](O[Si](C([2H])([2H])[2H])(C([2H])([2H])[2H])C([2H])([2H])[2H])[C@H]1CC[C@@H]([C@H](CCCCCCCCCCCC)O[Si](C([2H])([2H])[2H])(C([2H])([2H])[2H])C([2H])([2H])[2H])O1)CC1=C[C@H](C)OC1=O)(C([2H])([2H])[2H])C([2H])([2H])[2H]. The zero-order chi connectivity index (χ0) is 62.7. The number of carbonyl (C=O) groups is 2. The van der Waals surface area contributed by atoms with Gasteiger partial charge in [0.15, 0.2) is 25.0 Å². The Kier molecular flexibility index (Phi) is 10.5. The molecule has 0 spiro atoms. The molecule has 0 aromatic heterocycles. The highest BCUT2D eigenvalue weighted by atomic mass is 28.4. The summed E-state index contributed by atoms with van der Waals surface area (Å²) in [7, 11) is -17.4. The van der Waals surface area contributed by atoms with Crippen molar-refractivity contribution in [3.8, 4) is 0 Å². The molecule has 10 heteroatoms. The van der Waals surface area contributed by atoms with E-state index in [0.717, 1.165) is 51.4 Å². The number of unbranched alkanes of at least 4 members (excludes halogenated alkanes) is 12. The molecular formula is C44H86O7Si3. The van der Waals surface area contributed by atoms with E-state index in [1.165, 1.54) is 6.08 Å². The Morgan fingerprint density at radius 1 is 0.685 bits per heavy atom. The fourth-order valence-corrected chi connectivity index (χ4v) is 9.46. The molecule has 316 valence electrons. The molecule has 1 saturated heterocycles. The summed E-state index contributed by atoms with van der Waals surface area (Å²) < 4.78 is 252. The number of esters is 1. The molecule has 0 aromatic rings. The van der Waals surface area contributed by atoms with Gasteiger partial charge in [-0.05, 0) is 116 Å². The first-order valence-corrected chi connectivity index (χ1v) is 25.9. The van der Waals surface area contributed by atoms with E-state index in [4.69, 9.17) is 59.8 Å². The topological polar surface area (TPSA) is 80.3 Å². The van der Waals surface area contributed by atoms with Crippen LogP contribution in [0.2, 0.25) is 58.3 Å². The largest absolute Gasteiger partial charge is 0.455 e. The molecule has 0 bridgehead atoms. The summed E-state index contributed by atoms with van der Waals surface area (Å²) >= 11 is 0. The molecule has 0 aliphatic carbocycles. The van der Waals surface area contributed by atoms with Gasteiger partial charge < -0.3 is 22.8 Å². The van der Waals surface area contributed by atoms with Crippen LogP contribution in [0.3, 0.4) is 0 Å². The van der Waals surface area contributed by atoms with Gasteiger partial charge in [0, 0.05) is 68.0 Å². The molecule has 2 rings (SSSR count). The monoisotopic (exact) mass is 838 g/mol. The second kappa shape index (κ2) is 25.7. The highest BCUT2D eigenvalue weighted by Gasteiger charge is 2.39. The van der Waals surface area contributed by atoms with Crippen LogP contribution in [0.25, 0.3) is 0 Å². The molecule has 0 saturated carbocycles. The number of cyclic esters (lactones) is 1. The van der Waals surface area contributed by atoms with Crippen LogP contribution in [-0.4, -0.2) is 73.3 Å². The van der Waals surface area contributed by atoms with Crippen molar-refractivity contribution in [2.24, 2.45) is 0 Å². The number of Topliss-reactive ketones (excluding diaryl/α,β-unsaturated/α-hetero) is 1. The summed E-state index contributed by atoms with van der Waals surface area (Å²) in [6.07, 6.45) is 2.91. The minimum atomic E-state index is -5.93. The van der Waals surface area contributed by atoms with Crippen molar-refractivity contribution in [2.75, 3.05) is 0 Å². The van der Waals surface area contributed by atoms with Crippen molar-refractivity contribution in [1.29, 1.82) is 0 Å². The van der Waals surface area contributed by atoms with Crippen molar-refractivity contribution < 1.29 is 69.4 Å². The van der Waals surface area contributed by atoms with Gasteiger partial charge in [-0.1, -0.05) is 90.4 Å². The van der Waals surface area contributed by atoms with Gasteiger partial charge in [-0.25, -0.2) is 4.79 Å². The minimum Gasteiger partial charge on any atom is -0.455 e. The second-order valence-corrected chi connectivity index (χ2v) is 20.0. The molecule has 2 aliphatic heterocycles. The van der Waals surface area contributed by atoms with Crippen LogP contribution < -0.4 is 0 Å². The molecule has 0 unspecified atom stereocenters. The zero-order valence-corrected chi connectivity index (χ0v) is 35.7. The van der Waals surface area contributed by atoms with Gasteiger partial charge >= 0.3 is 5.97 Å². The minimum absolute atomic E-state index is 0.00644. The van der Waals surface area contributed by atoms with Crippen LogP contribution in [0.4, 0.5) is 0 Å². The third kappa shape index (κ3) is 23.6. The van der Waals surface area contributed by atoms with E-state index < -0.39 is 126 Å². The van der Waals surface area contributed by atoms with Crippen LogP contribution >= 0.6 is 0 Å². The molecular weight excluding hydrogens is 725 g/mol. The smallest absolute Gasteiger partial charge is 0.334 e. The van der Waals surface area contributed by atoms with Crippen molar-refractivity contribution in [3.63, 3.8) is 0 Å². The normalized spacial score (nSPS) is 30.8. The molecule has 2 heterocycles. The summed E-state index contributed by atoms with van der Waals surface area (Å²) in [4.78, 5) is 25.8. The van der Waals surface area contributed by atoms with Crippen LogP contribution in [0, 0.1) is 0 Å². The van der Waals surface area contributed by atoms with E-state index in [2.05, 4.69) is 6.92 Å². The van der Waals surface area contributed by atoms with Crippen LogP contribution in [0.1, 0.15) is 199 Å². The molecule has 0 aromatic carbocycles. The number of carbonyl (C=O) groups excluding carboxylic acids is 2. The second-order valence-electron chi connectivity index (χ2n) is 15.2. The van der Waals surface area contributed by atoms with Crippen LogP contribution in [0.15, 0.2) is 11.6 Å². The predicted octanol–water partition coefficient (Wildman–Crippen LogP) is 12.8. The lowest BCUT2D eigenvalue weighted by molar-refractivity contribution is -0.139. The summed E-state index contributed by atoms with van der Waals surface area (Å²) in [6, 6.07) is 0. The van der Waals surface area contributed by atoms with Crippen molar-refractivity contribution in [3.05, 3.63) is 11.6 Å². The van der Waals surface area contributed by atoms with Gasteiger partial charge in [0.05, 0.1) is 24.4 Å². The quantitative estimate of drug-likeness (QED) is 0.0379. The Morgan fingerprint density at radius 2 is 1.13 bits per heavy atom. The van der Waals surface area contributed by atoms with E-state index in [0.29, 0.717) is 12.8 Å². The van der Waals surface area contributed by atoms with E-state index in [1.54, 1.807) is 6.92 Å². The van der Waals surface area contributed by atoms with Gasteiger partial charge in [0.2, 0.25) is 0 Å². The summed E-state index contributed by atoms with van der Waals surface area (Å²) in [6.45, 7) is -28.7. The standard InChI is InChI=1S/C44H86O7Si3/c1-12-13-14-15-16-17-18-19-20-24-30-42(50-53(6,7)8)40-32-33-41(48-40)43(51-54(9,10)11)31-26-25-28-38(45)27-22-21-23-29-39(49-52(3,4)5)35-37-34-36(2)47-44(37)46/h34,36,39-43H,12-33,35H2,1-11H3/t36-,39+,40-,41+,42-,43+/m0/s1/i3D3,4D3,5D3,6D3,7D3,8D3,9D3,10D3,11D3. The lowest BCUT2D eigenvalue weighted by Crippen LogP contribution is -2.42. The lowest BCUT2D eigenvalue weighted by Gasteiger charge is -2.33. The number of rotatable bonds is 32. The highest BCUT2D eigenvalue weighted by molar-refractivity contribution is 6.70. The van der Waals surface area contributed by atoms with Gasteiger partial charge in [-0.3, -0.25) is 4.79 Å². The fourth-order valence-electron chi connectivity index (χ4n) is 7.31. The molecule has 54 heavy (non-hydrogen) atoms. The Hall–Kier alpha value is -0.629. The van der Waals surface area contributed by atoms with Crippen LogP contribution in [0.5, 0.6) is 0 Å². The van der Waals surface area contributed by atoms with Crippen molar-refractivity contribution >= 4 is 36.7 Å². The molecule has 7 nitrogen and oxygen atoms in total. The fraction of sp³-hybridized carbons (Fsp3) is 0.909. The molecule has 0 N–H and O–H groups in total. The Labute approximate surface area is 374 Å². The van der Waals surface area contributed by atoms with E-state index in [1.807, 2.05) is 0 Å². The first kappa shape index (κ1) is 22.1. The van der Waals surface area contributed by atoms with Crippen molar-refractivity contribution in [1.82, 2.24) is 0 Å². The van der Waals surface area contributed by atoms with E-state index >= 15 is 0 Å². The highest BCUT2D eigenvalue weighted by Crippen LogP contribution is 2.33. The maximum absolute atomic E-state index is 13.3. The number of ether oxygens (including phenoxy) is 2. The third-order valence-electron chi connectivity index (χ3n) is 9.87. The van der Waals surface area contributed by atoms with Crippen molar-refractivity contribution in [2.45, 2.75) is 256 Å². The Balaban J connectivity index is 2.40. The van der Waals surface area contributed by atoms with Gasteiger partial charge in [0.1, 0.15) is 11.9 Å². The Bertz CT molecular complexity index is 1870. The summed E-state index contributed by atoms with van der Waals surface area (Å²) in [5.74, 6) is -1.02. The maximum atomic E-state index is 13.3. The van der Waals surface area contributed by atoms with Gasteiger partial charge in [-0.15, -0.1) is 0 Å². The number of hydrogen-bond donors (Lipinski definition) is 0. The van der Waals surface area contributed by atoms with Gasteiger partial charge in [-0.2, -0.15) is 0 Å². The predicted molar refractivity (Wildman–Crippen MR) is 234 cm³/mol. The lowest BCUT2D eigenvalue weighted by atomic mass is 9.99. The zero-order valence-electron chi connectivity index (χ0n) is 59.7.